The zero-order valence-corrected chi connectivity index (χ0v) is 16.2. The van der Waals surface area contributed by atoms with E-state index in [1.165, 1.54) is 18.4 Å². The third kappa shape index (κ3) is 4.35. The monoisotopic (exact) mass is 384 g/mol. The van der Waals surface area contributed by atoms with Crippen molar-refractivity contribution in [2.75, 3.05) is 36.5 Å². The number of aromatic nitrogens is 1. The highest BCUT2D eigenvalue weighted by molar-refractivity contribution is 6.04. The van der Waals surface area contributed by atoms with Crippen molar-refractivity contribution in [3.63, 3.8) is 0 Å². The summed E-state index contributed by atoms with van der Waals surface area (Å²) in [6, 6.07) is 1.76. The first kappa shape index (κ1) is 18.9. The van der Waals surface area contributed by atoms with Crippen molar-refractivity contribution < 1.29 is 14.3 Å². The Hall–Kier alpha value is -2.41. The molecule has 2 amide bonds. The zero-order chi connectivity index (χ0) is 19.3. The maximum atomic E-state index is 12.6. The summed E-state index contributed by atoms with van der Waals surface area (Å²) in [5, 5.41) is 6.02. The van der Waals surface area contributed by atoms with Crippen LogP contribution in [0, 0.1) is 0 Å². The highest BCUT2D eigenvalue weighted by atomic mass is 16.5. The molecule has 1 aliphatic carbocycles. The smallest absolute Gasteiger partial charge is 0.252 e. The molecule has 4 rings (SSSR count). The van der Waals surface area contributed by atoms with Crippen LogP contribution in [0.5, 0.6) is 0 Å². The van der Waals surface area contributed by atoms with Gasteiger partial charge in [-0.15, -0.1) is 0 Å². The van der Waals surface area contributed by atoms with Crippen LogP contribution in [0.25, 0.3) is 0 Å². The van der Waals surface area contributed by atoms with Gasteiger partial charge in [-0.25, -0.2) is 4.98 Å². The summed E-state index contributed by atoms with van der Waals surface area (Å²) in [7, 11) is 0. The van der Waals surface area contributed by atoms with E-state index in [1.54, 1.807) is 17.2 Å². The molecule has 1 atom stereocenters. The molecule has 0 radical (unpaired) electrons. The maximum Gasteiger partial charge on any atom is 0.252 e. The number of hydrogen-bond acceptors (Lipinski definition) is 5. The third-order valence-electron chi connectivity index (χ3n) is 5.66. The van der Waals surface area contributed by atoms with Crippen LogP contribution in [0.2, 0.25) is 0 Å². The Labute approximate surface area is 165 Å². The summed E-state index contributed by atoms with van der Waals surface area (Å²) in [6.45, 7) is 2.09. The van der Waals surface area contributed by atoms with Crippen LogP contribution >= 0.6 is 0 Å². The summed E-state index contributed by atoms with van der Waals surface area (Å²) in [6.07, 6.45) is 11.6. The fourth-order valence-corrected chi connectivity index (χ4v) is 4.07. The van der Waals surface area contributed by atoms with Crippen molar-refractivity contribution in [1.29, 1.82) is 0 Å². The predicted octanol–water partition coefficient (Wildman–Crippen LogP) is 2.64. The molecule has 7 heteroatoms. The van der Waals surface area contributed by atoms with Gasteiger partial charge in [0.2, 0.25) is 5.91 Å². The van der Waals surface area contributed by atoms with Gasteiger partial charge in [-0.1, -0.05) is 11.6 Å². The number of pyridine rings is 1. The summed E-state index contributed by atoms with van der Waals surface area (Å²) in [4.78, 5) is 31.1. The summed E-state index contributed by atoms with van der Waals surface area (Å²) in [5.74, 6) is 0.468. The van der Waals surface area contributed by atoms with E-state index in [9.17, 15) is 9.59 Å². The minimum Gasteiger partial charge on any atom is -0.376 e. The molecule has 0 saturated carbocycles. The molecule has 1 aromatic heterocycles. The minimum atomic E-state index is -0.151. The highest BCUT2D eigenvalue weighted by Crippen LogP contribution is 2.30. The Morgan fingerprint density at radius 2 is 2.29 bits per heavy atom. The minimum absolute atomic E-state index is 0.0217. The Bertz CT molecular complexity index is 771. The molecule has 1 aromatic rings. The second-order valence-electron chi connectivity index (χ2n) is 7.70. The van der Waals surface area contributed by atoms with Gasteiger partial charge < -0.3 is 20.3 Å². The lowest BCUT2D eigenvalue weighted by Gasteiger charge is -2.31. The standard InChI is InChI=1S/C21H28N4O3/c26-19-13-24-20-18(25(19)14-17-7-4-10-28-17)11-16(12-23-20)21(27)22-9-8-15-5-2-1-3-6-15/h5,11-12,17H,1-4,6-10,13-14H2,(H,22,27)(H,23,24). The molecule has 1 saturated heterocycles. The summed E-state index contributed by atoms with van der Waals surface area (Å²) >= 11 is 0. The average molecular weight is 384 g/mol. The van der Waals surface area contributed by atoms with Gasteiger partial charge in [-0.05, 0) is 51.0 Å². The molecule has 2 N–H and O–H groups in total. The molecule has 150 valence electrons. The SMILES string of the molecule is O=C(NCCC1=CCCCC1)c1cnc2c(c1)N(CC1CCCO1)C(=O)CN2. The van der Waals surface area contributed by atoms with Crippen molar-refractivity contribution in [1.82, 2.24) is 10.3 Å². The first-order valence-electron chi connectivity index (χ1n) is 10.3. The Morgan fingerprint density at radius 1 is 1.36 bits per heavy atom. The van der Waals surface area contributed by atoms with E-state index in [2.05, 4.69) is 21.7 Å². The summed E-state index contributed by atoms with van der Waals surface area (Å²) < 4.78 is 5.69. The van der Waals surface area contributed by atoms with Crippen LogP contribution in [0.3, 0.4) is 0 Å². The molecule has 3 aliphatic rings. The molecule has 0 spiro atoms. The molecule has 1 fully saturated rings. The normalized spacial score (nSPS) is 21.7. The number of hydrogen-bond donors (Lipinski definition) is 2. The van der Waals surface area contributed by atoms with Crippen LogP contribution in [0.1, 0.15) is 55.3 Å². The van der Waals surface area contributed by atoms with Gasteiger partial charge in [0.15, 0.2) is 0 Å². The molecule has 0 aromatic carbocycles. The van der Waals surface area contributed by atoms with Crippen molar-refractivity contribution in [3.8, 4) is 0 Å². The number of nitrogens with zero attached hydrogens (tertiary/aromatic N) is 2. The van der Waals surface area contributed by atoms with Gasteiger partial charge in [0.1, 0.15) is 5.82 Å². The largest absolute Gasteiger partial charge is 0.376 e. The first-order valence-corrected chi connectivity index (χ1v) is 10.3. The molecular weight excluding hydrogens is 356 g/mol. The van der Waals surface area contributed by atoms with Crippen LogP contribution < -0.4 is 15.5 Å². The van der Waals surface area contributed by atoms with Crippen molar-refractivity contribution in [2.24, 2.45) is 0 Å². The third-order valence-corrected chi connectivity index (χ3v) is 5.66. The van der Waals surface area contributed by atoms with E-state index in [1.807, 2.05) is 0 Å². The number of carbonyl (C=O) groups excluding carboxylic acids is 2. The van der Waals surface area contributed by atoms with Gasteiger partial charge in [-0.3, -0.25) is 9.59 Å². The van der Waals surface area contributed by atoms with E-state index < -0.39 is 0 Å². The predicted molar refractivity (Wildman–Crippen MR) is 108 cm³/mol. The quantitative estimate of drug-likeness (QED) is 0.737. The van der Waals surface area contributed by atoms with Crippen LogP contribution in [-0.2, 0) is 9.53 Å². The van der Waals surface area contributed by atoms with E-state index in [0.717, 1.165) is 38.7 Å². The van der Waals surface area contributed by atoms with Crippen LogP contribution in [0.4, 0.5) is 11.5 Å². The number of anilines is 2. The van der Waals surface area contributed by atoms with E-state index in [-0.39, 0.29) is 24.5 Å². The Balaban J connectivity index is 1.42. The van der Waals surface area contributed by atoms with Gasteiger partial charge in [0.05, 0.1) is 30.4 Å². The number of carbonyl (C=O) groups is 2. The second-order valence-corrected chi connectivity index (χ2v) is 7.70. The van der Waals surface area contributed by atoms with E-state index >= 15 is 0 Å². The fraction of sp³-hybridized carbons (Fsp3) is 0.571. The topological polar surface area (TPSA) is 83.6 Å². The Morgan fingerprint density at radius 3 is 3.07 bits per heavy atom. The number of rotatable bonds is 6. The maximum absolute atomic E-state index is 12.6. The molecule has 0 bridgehead atoms. The van der Waals surface area contributed by atoms with E-state index in [4.69, 9.17) is 4.74 Å². The number of ether oxygens (including phenoxy) is 1. The van der Waals surface area contributed by atoms with Crippen molar-refractivity contribution >= 4 is 23.3 Å². The molecular formula is C21H28N4O3. The van der Waals surface area contributed by atoms with Gasteiger partial charge in [-0.2, -0.15) is 0 Å². The van der Waals surface area contributed by atoms with Crippen LogP contribution in [0.15, 0.2) is 23.9 Å². The zero-order valence-electron chi connectivity index (χ0n) is 16.2. The van der Waals surface area contributed by atoms with Gasteiger partial charge >= 0.3 is 0 Å². The number of allylic oxidation sites excluding steroid dienone is 1. The summed E-state index contributed by atoms with van der Waals surface area (Å²) in [5.41, 5.74) is 2.58. The van der Waals surface area contributed by atoms with Crippen molar-refractivity contribution in [2.45, 2.75) is 51.0 Å². The van der Waals surface area contributed by atoms with Gasteiger partial charge in [0.25, 0.3) is 5.91 Å². The number of nitrogens with one attached hydrogen (secondary N) is 2. The second kappa shape index (κ2) is 8.73. The van der Waals surface area contributed by atoms with E-state index in [0.29, 0.717) is 30.2 Å². The molecule has 3 heterocycles. The fourth-order valence-electron chi connectivity index (χ4n) is 4.07. The average Bonchev–Trinajstić information content (AvgIpc) is 3.24. The lowest BCUT2D eigenvalue weighted by Crippen LogP contribution is -2.44. The molecule has 1 unspecified atom stereocenters. The van der Waals surface area contributed by atoms with Crippen molar-refractivity contribution in [3.05, 3.63) is 29.5 Å². The highest BCUT2D eigenvalue weighted by Gasteiger charge is 2.29. The lowest BCUT2D eigenvalue weighted by atomic mass is 9.97. The van der Waals surface area contributed by atoms with Crippen LogP contribution in [-0.4, -0.2) is 49.1 Å². The lowest BCUT2D eigenvalue weighted by molar-refractivity contribution is -0.117. The number of fused-ring (bicyclic) bond motifs is 1. The molecule has 7 nitrogen and oxygen atoms in total. The number of amides is 2. The van der Waals surface area contributed by atoms with Gasteiger partial charge in [0, 0.05) is 19.3 Å². The first-order chi connectivity index (χ1) is 13.7. The Kier molecular flexibility index (Phi) is 5.90. The molecule has 2 aliphatic heterocycles. The molecule has 28 heavy (non-hydrogen) atoms.